The van der Waals surface area contributed by atoms with Crippen LogP contribution in [0.15, 0.2) is 48.7 Å². The molecule has 0 radical (unpaired) electrons. The fourth-order valence-corrected chi connectivity index (χ4v) is 2.08. The Labute approximate surface area is 115 Å². The second-order valence-corrected chi connectivity index (χ2v) is 4.53. The number of nitrogens with zero attached hydrogens (tertiary/aromatic N) is 3. The maximum absolute atomic E-state index is 10.9. The number of hydrogen-bond acceptors (Lipinski definition) is 3. The lowest BCUT2D eigenvalue weighted by atomic mass is 10.1. The van der Waals surface area contributed by atoms with Gasteiger partial charge in [-0.2, -0.15) is 5.10 Å². The van der Waals surface area contributed by atoms with E-state index in [1.807, 2.05) is 18.2 Å². The minimum absolute atomic E-state index is 0.0418. The molecule has 0 unspecified atom stereocenters. The van der Waals surface area contributed by atoms with Gasteiger partial charge in [0.2, 0.25) is 0 Å². The van der Waals surface area contributed by atoms with E-state index < -0.39 is 5.97 Å². The molecular formula is C15H13N3O2. The van der Waals surface area contributed by atoms with Crippen LogP contribution in [0.2, 0.25) is 0 Å². The molecule has 3 aromatic rings. The first kappa shape index (κ1) is 12.3. The molecule has 1 aromatic carbocycles. The molecule has 5 nitrogen and oxygen atoms in total. The number of carboxylic acid groups (broad SMARTS) is 1. The average Bonchev–Trinajstić information content (AvgIpc) is 2.88. The van der Waals surface area contributed by atoms with E-state index in [0.717, 1.165) is 13.0 Å². The highest BCUT2D eigenvalue weighted by Crippen LogP contribution is 2.11. The summed E-state index contributed by atoms with van der Waals surface area (Å²) in [7, 11) is 0. The fourth-order valence-electron chi connectivity index (χ4n) is 2.08. The van der Waals surface area contributed by atoms with Gasteiger partial charge in [-0.3, -0.25) is 4.68 Å². The Kier molecular flexibility index (Phi) is 3.16. The van der Waals surface area contributed by atoms with Gasteiger partial charge in [0.15, 0.2) is 0 Å². The first-order valence-corrected chi connectivity index (χ1v) is 6.34. The molecule has 0 bridgehead atoms. The standard InChI is InChI=1S/C15H13N3O2/c19-15(20)13-7-6-12-14(16-13)10-18(17-12)9-8-11-4-2-1-3-5-11/h1-7,10H,8-9H2,(H,19,20). The van der Waals surface area contributed by atoms with Crippen molar-refractivity contribution in [2.24, 2.45) is 0 Å². The Balaban J connectivity index is 1.80. The minimum Gasteiger partial charge on any atom is -0.477 e. The van der Waals surface area contributed by atoms with E-state index in [1.165, 1.54) is 11.6 Å². The Hall–Kier alpha value is -2.69. The summed E-state index contributed by atoms with van der Waals surface area (Å²) < 4.78 is 1.80. The van der Waals surface area contributed by atoms with Crippen molar-refractivity contribution in [2.75, 3.05) is 0 Å². The predicted octanol–water partition coefficient (Wildman–Crippen LogP) is 2.37. The van der Waals surface area contributed by atoms with E-state index >= 15 is 0 Å². The van der Waals surface area contributed by atoms with Gasteiger partial charge in [0, 0.05) is 6.54 Å². The van der Waals surface area contributed by atoms with E-state index in [1.54, 1.807) is 16.9 Å². The van der Waals surface area contributed by atoms with Crippen LogP contribution in [0.25, 0.3) is 11.0 Å². The highest BCUT2D eigenvalue weighted by molar-refractivity contribution is 5.88. The van der Waals surface area contributed by atoms with Crippen molar-refractivity contribution in [3.8, 4) is 0 Å². The number of rotatable bonds is 4. The van der Waals surface area contributed by atoms with Crippen molar-refractivity contribution in [3.63, 3.8) is 0 Å². The Morgan fingerprint density at radius 1 is 1.10 bits per heavy atom. The maximum Gasteiger partial charge on any atom is 0.354 e. The van der Waals surface area contributed by atoms with Crippen LogP contribution < -0.4 is 0 Å². The molecule has 0 saturated carbocycles. The summed E-state index contributed by atoms with van der Waals surface area (Å²) in [6.45, 7) is 0.739. The third kappa shape index (κ3) is 2.51. The normalized spacial score (nSPS) is 10.8. The molecule has 0 aliphatic heterocycles. The molecule has 0 aliphatic carbocycles. The molecule has 0 spiro atoms. The van der Waals surface area contributed by atoms with E-state index in [4.69, 9.17) is 5.11 Å². The summed E-state index contributed by atoms with van der Waals surface area (Å²) in [5.41, 5.74) is 2.60. The summed E-state index contributed by atoms with van der Waals surface area (Å²) >= 11 is 0. The molecule has 3 rings (SSSR count). The minimum atomic E-state index is -1.02. The summed E-state index contributed by atoms with van der Waals surface area (Å²) in [6, 6.07) is 13.3. The first-order valence-electron chi connectivity index (χ1n) is 6.34. The number of benzene rings is 1. The topological polar surface area (TPSA) is 68.0 Å². The van der Waals surface area contributed by atoms with Crippen molar-refractivity contribution in [3.05, 3.63) is 59.9 Å². The Bertz CT molecular complexity index is 750. The van der Waals surface area contributed by atoms with Crippen molar-refractivity contribution >= 4 is 17.0 Å². The molecule has 0 atom stereocenters. The number of aromatic carboxylic acids is 1. The van der Waals surface area contributed by atoms with E-state index in [2.05, 4.69) is 22.2 Å². The van der Waals surface area contributed by atoms with Gasteiger partial charge in [-0.15, -0.1) is 0 Å². The van der Waals surface area contributed by atoms with Gasteiger partial charge < -0.3 is 5.11 Å². The zero-order chi connectivity index (χ0) is 13.9. The zero-order valence-corrected chi connectivity index (χ0v) is 10.7. The molecule has 0 saturated heterocycles. The van der Waals surface area contributed by atoms with Gasteiger partial charge in [0.25, 0.3) is 0 Å². The van der Waals surface area contributed by atoms with Crippen LogP contribution in [0.5, 0.6) is 0 Å². The number of aromatic nitrogens is 3. The van der Waals surface area contributed by atoms with E-state index in [-0.39, 0.29) is 5.69 Å². The number of aryl methyl sites for hydroxylation is 2. The maximum atomic E-state index is 10.9. The van der Waals surface area contributed by atoms with Crippen LogP contribution in [-0.4, -0.2) is 25.8 Å². The highest BCUT2D eigenvalue weighted by atomic mass is 16.4. The summed E-state index contributed by atoms with van der Waals surface area (Å²) in [6.07, 6.45) is 2.66. The predicted molar refractivity (Wildman–Crippen MR) is 74.6 cm³/mol. The molecule has 2 aromatic heterocycles. The number of pyridine rings is 1. The zero-order valence-electron chi connectivity index (χ0n) is 10.7. The number of carbonyl (C=O) groups is 1. The third-order valence-electron chi connectivity index (χ3n) is 3.10. The molecule has 2 heterocycles. The van der Waals surface area contributed by atoms with Gasteiger partial charge in [-0.1, -0.05) is 30.3 Å². The lowest BCUT2D eigenvalue weighted by molar-refractivity contribution is 0.0691. The van der Waals surface area contributed by atoms with Crippen LogP contribution in [0.1, 0.15) is 16.1 Å². The van der Waals surface area contributed by atoms with Gasteiger partial charge in [0.1, 0.15) is 16.7 Å². The van der Waals surface area contributed by atoms with Crippen molar-refractivity contribution < 1.29 is 9.90 Å². The second kappa shape index (κ2) is 5.13. The molecule has 0 aliphatic rings. The Morgan fingerprint density at radius 2 is 1.90 bits per heavy atom. The second-order valence-electron chi connectivity index (χ2n) is 4.53. The molecule has 1 N–H and O–H groups in total. The van der Waals surface area contributed by atoms with Crippen LogP contribution >= 0.6 is 0 Å². The van der Waals surface area contributed by atoms with E-state index in [9.17, 15) is 4.79 Å². The number of fused-ring (bicyclic) bond motifs is 1. The van der Waals surface area contributed by atoms with Crippen LogP contribution in [0.3, 0.4) is 0 Å². The SMILES string of the molecule is O=C(O)c1ccc2nn(CCc3ccccc3)cc2n1. The van der Waals surface area contributed by atoms with Gasteiger partial charge in [-0.25, -0.2) is 9.78 Å². The molecule has 0 amide bonds. The van der Waals surface area contributed by atoms with Gasteiger partial charge in [0.05, 0.1) is 6.20 Å². The lowest BCUT2D eigenvalue weighted by Crippen LogP contribution is -2.01. The van der Waals surface area contributed by atoms with Crippen molar-refractivity contribution in [2.45, 2.75) is 13.0 Å². The smallest absolute Gasteiger partial charge is 0.354 e. The van der Waals surface area contributed by atoms with Gasteiger partial charge in [-0.05, 0) is 24.1 Å². The quantitative estimate of drug-likeness (QED) is 0.788. The summed E-state index contributed by atoms with van der Waals surface area (Å²) in [4.78, 5) is 14.9. The van der Waals surface area contributed by atoms with Crippen LogP contribution in [0, 0.1) is 0 Å². The largest absolute Gasteiger partial charge is 0.477 e. The highest BCUT2D eigenvalue weighted by Gasteiger charge is 2.08. The third-order valence-corrected chi connectivity index (χ3v) is 3.10. The van der Waals surface area contributed by atoms with Crippen molar-refractivity contribution in [1.82, 2.24) is 14.8 Å². The van der Waals surface area contributed by atoms with E-state index in [0.29, 0.717) is 11.0 Å². The number of hydrogen-bond donors (Lipinski definition) is 1. The monoisotopic (exact) mass is 267 g/mol. The molecule has 100 valence electrons. The summed E-state index contributed by atoms with van der Waals surface area (Å²) in [5, 5.41) is 13.3. The fraction of sp³-hybridized carbons (Fsp3) is 0.133. The first-order chi connectivity index (χ1) is 9.72. The summed E-state index contributed by atoms with van der Waals surface area (Å²) in [5.74, 6) is -1.02. The molecule has 5 heteroatoms. The molecule has 0 fully saturated rings. The van der Waals surface area contributed by atoms with Gasteiger partial charge >= 0.3 is 5.97 Å². The van der Waals surface area contributed by atoms with Crippen LogP contribution in [0.4, 0.5) is 0 Å². The lowest BCUT2D eigenvalue weighted by Gasteiger charge is -2.00. The number of carboxylic acids is 1. The Morgan fingerprint density at radius 3 is 2.65 bits per heavy atom. The van der Waals surface area contributed by atoms with Crippen LogP contribution in [-0.2, 0) is 13.0 Å². The molecular weight excluding hydrogens is 254 g/mol. The average molecular weight is 267 g/mol. The molecule has 20 heavy (non-hydrogen) atoms. The van der Waals surface area contributed by atoms with Crippen molar-refractivity contribution in [1.29, 1.82) is 0 Å².